The average Bonchev–Trinajstić information content (AvgIpc) is 2.57. The molecule has 1 N–H and O–H groups in total. The highest BCUT2D eigenvalue weighted by Gasteiger charge is 2.17. The van der Waals surface area contributed by atoms with Gasteiger partial charge in [0.25, 0.3) is 0 Å². The van der Waals surface area contributed by atoms with Crippen molar-refractivity contribution in [2.75, 3.05) is 0 Å². The van der Waals surface area contributed by atoms with Crippen LogP contribution in [-0.2, 0) is 11.3 Å². The molecule has 0 aliphatic heterocycles. The number of carbonyl (C=O) groups excluding carboxylic acids is 1. The molecule has 0 unspecified atom stereocenters. The van der Waals surface area contributed by atoms with E-state index in [0.29, 0.717) is 5.39 Å². The van der Waals surface area contributed by atoms with E-state index in [0.717, 1.165) is 15.4 Å². The predicted molar refractivity (Wildman–Crippen MR) is 88.9 cm³/mol. The fourth-order valence-electron chi connectivity index (χ4n) is 2.27. The lowest BCUT2D eigenvalue weighted by Crippen LogP contribution is -2.06. The maximum atomic E-state index is 12.2. The first-order chi connectivity index (χ1) is 10.7. The SMILES string of the molecule is O=C(OCc1ccccc1)c1cc(Br)c2ccccc2c1O. The van der Waals surface area contributed by atoms with Gasteiger partial charge in [-0.15, -0.1) is 0 Å². The third-order valence-electron chi connectivity index (χ3n) is 3.40. The zero-order valence-electron chi connectivity index (χ0n) is 11.6. The van der Waals surface area contributed by atoms with Crippen LogP contribution in [0.4, 0.5) is 0 Å². The Bertz CT molecular complexity index is 828. The Morgan fingerprint density at radius 3 is 2.36 bits per heavy atom. The van der Waals surface area contributed by atoms with Crippen molar-refractivity contribution in [1.82, 2.24) is 0 Å². The Morgan fingerprint density at radius 1 is 1.00 bits per heavy atom. The molecule has 3 rings (SSSR count). The molecule has 0 spiro atoms. The summed E-state index contributed by atoms with van der Waals surface area (Å²) < 4.78 is 6.02. The molecular formula is C18H13BrO3. The van der Waals surface area contributed by atoms with Gasteiger partial charge in [-0.3, -0.25) is 0 Å². The molecule has 3 aromatic carbocycles. The van der Waals surface area contributed by atoms with Gasteiger partial charge in [-0.05, 0) is 17.0 Å². The summed E-state index contributed by atoms with van der Waals surface area (Å²) in [4.78, 5) is 12.2. The second-order valence-corrected chi connectivity index (χ2v) is 5.72. The molecule has 0 radical (unpaired) electrons. The first kappa shape index (κ1) is 14.6. The molecule has 0 bridgehead atoms. The van der Waals surface area contributed by atoms with Crippen molar-refractivity contribution in [2.24, 2.45) is 0 Å². The molecule has 0 amide bonds. The quantitative estimate of drug-likeness (QED) is 0.694. The largest absolute Gasteiger partial charge is 0.506 e. The van der Waals surface area contributed by atoms with Gasteiger partial charge in [-0.1, -0.05) is 70.5 Å². The molecular weight excluding hydrogens is 344 g/mol. The lowest BCUT2D eigenvalue weighted by atomic mass is 10.1. The second-order valence-electron chi connectivity index (χ2n) is 4.86. The Balaban J connectivity index is 1.89. The van der Waals surface area contributed by atoms with E-state index in [2.05, 4.69) is 15.9 Å². The molecule has 0 atom stereocenters. The third kappa shape index (κ3) is 2.83. The van der Waals surface area contributed by atoms with Crippen LogP contribution in [0.5, 0.6) is 5.75 Å². The molecule has 22 heavy (non-hydrogen) atoms. The van der Waals surface area contributed by atoms with Gasteiger partial charge in [0.1, 0.15) is 17.9 Å². The first-order valence-corrected chi connectivity index (χ1v) is 7.57. The number of phenols is 1. The van der Waals surface area contributed by atoms with Crippen molar-refractivity contribution in [3.05, 3.63) is 76.3 Å². The minimum atomic E-state index is -0.548. The van der Waals surface area contributed by atoms with Gasteiger partial charge in [0, 0.05) is 9.86 Å². The molecule has 0 saturated heterocycles. The molecule has 0 aromatic heterocycles. The summed E-state index contributed by atoms with van der Waals surface area (Å²) in [5.41, 5.74) is 1.05. The number of esters is 1. The lowest BCUT2D eigenvalue weighted by Gasteiger charge is -2.10. The molecule has 0 aliphatic rings. The summed E-state index contributed by atoms with van der Waals surface area (Å²) in [6.07, 6.45) is 0. The molecule has 0 heterocycles. The van der Waals surface area contributed by atoms with Crippen molar-refractivity contribution in [3.8, 4) is 5.75 Å². The van der Waals surface area contributed by atoms with Gasteiger partial charge in [-0.25, -0.2) is 4.79 Å². The molecule has 0 saturated carbocycles. The smallest absolute Gasteiger partial charge is 0.342 e. The zero-order chi connectivity index (χ0) is 15.5. The zero-order valence-corrected chi connectivity index (χ0v) is 13.2. The number of fused-ring (bicyclic) bond motifs is 1. The van der Waals surface area contributed by atoms with E-state index in [9.17, 15) is 9.90 Å². The molecule has 4 heteroatoms. The van der Waals surface area contributed by atoms with Gasteiger partial charge in [0.15, 0.2) is 0 Å². The lowest BCUT2D eigenvalue weighted by molar-refractivity contribution is 0.0469. The maximum Gasteiger partial charge on any atom is 0.342 e. The summed E-state index contributed by atoms with van der Waals surface area (Å²) in [5.74, 6) is -0.607. The Kier molecular flexibility index (Phi) is 4.11. The summed E-state index contributed by atoms with van der Waals surface area (Å²) in [5, 5.41) is 11.8. The number of carbonyl (C=O) groups is 1. The van der Waals surface area contributed by atoms with Crippen LogP contribution in [0, 0.1) is 0 Å². The van der Waals surface area contributed by atoms with Crippen molar-refractivity contribution in [3.63, 3.8) is 0 Å². The second kappa shape index (κ2) is 6.20. The minimum Gasteiger partial charge on any atom is -0.506 e. The van der Waals surface area contributed by atoms with Crippen LogP contribution in [0.2, 0.25) is 0 Å². The number of benzene rings is 3. The third-order valence-corrected chi connectivity index (χ3v) is 4.05. The van der Waals surface area contributed by atoms with Crippen LogP contribution in [0.1, 0.15) is 15.9 Å². The van der Waals surface area contributed by atoms with E-state index in [1.807, 2.05) is 48.5 Å². The monoisotopic (exact) mass is 356 g/mol. The molecule has 3 nitrogen and oxygen atoms in total. The summed E-state index contributed by atoms with van der Waals surface area (Å²) in [7, 11) is 0. The van der Waals surface area contributed by atoms with Crippen molar-refractivity contribution >= 4 is 32.7 Å². The number of phenolic OH excluding ortho intramolecular Hbond substituents is 1. The Morgan fingerprint density at radius 2 is 1.64 bits per heavy atom. The van der Waals surface area contributed by atoms with Gasteiger partial charge in [-0.2, -0.15) is 0 Å². The van der Waals surface area contributed by atoms with Gasteiger partial charge in [0.05, 0.1) is 0 Å². The number of halogens is 1. The predicted octanol–water partition coefficient (Wildman–Crippen LogP) is 4.66. The highest BCUT2D eigenvalue weighted by atomic mass is 79.9. The average molecular weight is 357 g/mol. The standard InChI is InChI=1S/C18H13BrO3/c19-16-10-15(17(20)14-9-5-4-8-13(14)16)18(21)22-11-12-6-2-1-3-7-12/h1-10,20H,11H2. The Hall–Kier alpha value is -2.33. The van der Waals surface area contributed by atoms with Crippen molar-refractivity contribution in [1.29, 1.82) is 0 Å². The van der Waals surface area contributed by atoms with E-state index < -0.39 is 5.97 Å². The van der Waals surface area contributed by atoms with Gasteiger partial charge in [0.2, 0.25) is 0 Å². The topological polar surface area (TPSA) is 46.5 Å². The number of ether oxygens (including phenoxy) is 1. The van der Waals surface area contributed by atoms with Crippen molar-refractivity contribution < 1.29 is 14.6 Å². The highest BCUT2D eigenvalue weighted by molar-refractivity contribution is 9.10. The molecule has 110 valence electrons. The van der Waals surface area contributed by atoms with E-state index >= 15 is 0 Å². The molecule has 0 aliphatic carbocycles. The number of rotatable bonds is 3. The summed E-state index contributed by atoms with van der Waals surface area (Å²) >= 11 is 3.43. The number of hydrogen-bond donors (Lipinski definition) is 1. The van der Waals surface area contributed by atoms with E-state index in [1.165, 1.54) is 0 Å². The van der Waals surface area contributed by atoms with Gasteiger partial charge >= 0.3 is 5.97 Å². The van der Waals surface area contributed by atoms with Crippen LogP contribution >= 0.6 is 15.9 Å². The van der Waals surface area contributed by atoms with Crippen LogP contribution in [0.25, 0.3) is 10.8 Å². The van der Waals surface area contributed by atoms with E-state index in [4.69, 9.17) is 4.74 Å². The highest BCUT2D eigenvalue weighted by Crippen LogP contribution is 2.34. The fraction of sp³-hybridized carbons (Fsp3) is 0.0556. The van der Waals surface area contributed by atoms with Crippen LogP contribution in [0.3, 0.4) is 0 Å². The van der Waals surface area contributed by atoms with Crippen LogP contribution < -0.4 is 0 Å². The number of aromatic hydroxyl groups is 1. The molecule has 3 aromatic rings. The number of hydrogen-bond acceptors (Lipinski definition) is 3. The minimum absolute atomic E-state index is 0.0585. The first-order valence-electron chi connectivity index (χ1n) is 6.78. The van der Waals surface area contributed by atoms with E-state index in [-0.39, 0.29) is 17.9 Å². The van der Waals surface area contributed by atoms with E-state index in [1.54, 1.807) is 12.1 Å². The maximum absolute atomic E-state index is 12.2. The normalized spacial score (nSPS) is 10.6. The van der Waals surface area contributed by atoms with Crippen LogP contribution in [0.15, 0.2) is 65.1 Å². The summed E-state index contributed by atoms with van der Waals surface area (Å²) in [6.45, 7) is 0.170. The van der Waals surface area contributed by atoms with Crippen LogP contribution in [-0.4, -0.2) is 11.1 Å². The molecule has 0 fully saturated rings. The fourth-order valence-corrected chi connectivity index (χ4v) is 2.85. The Labute approximate surface area is 136 Å². The van der Waals surface area contributed by atoms with Gasteiger partial charge < -0.3 is 9.84 Å². The summed E-state index contributed by atoms with van der Waals surface area (Å²) in [6, 6.07) is 18.3. The van der Waals surface area contributed by atoms with Crippen molar-refractivity contribution in [2.45, 2.75) is 6.61 Å².